The quantitative estimate of drug-likeness (QED) is 0.714. The minimum Gasteiger partial charge on any atom is -0.326 e. The van der Waals surface area contributed by atoms with Crippen molar-refractivity contribution < 1.29 is 0 Å². The van der Waals surface area contributed by atoms with Crippen LogP contribution < -0.4 is 5.73 Å². The molecule has 2 aromatic rings. The number of rotatable bonds is 1. The molecule has 1 aromatic heterocycles. The monoisotopic (exact) mass is 172 g/mol. The maximum Gasteiger partial charge on any atom is 0.0705 e. The van der Waals surface area contributed by atoms with E-state index < -0.39 is 0 Å². The average molecular weight is 172 g/mol. The third-order valence-electron chi connectivity index (χ3n) is 2.13. The van der Waals surface area contributed by atoms with E-state index in [0.717, 1.165) is 22.2 Å². The number of nitrogens with zero attached hydrogens (tertiary/aromatic N) is 1. The Bertz CT molecular complexity index is 435. The molecule has 0 spiro atoms. The largest absolute Gasteiger partial charge is 0.326 e. The second-order valence-corrected chi connectivity index (χ2v) is 3.18. The van der Waals surface area contributed by atoms with Gasteiger partial charge in [-0.1, -0.05) is 12.1 Å². The first-order valence-corrected chi connectivity index (χ1v) is 4.36. The maximum absolute atomic E-state index is 5.55. The van der Waals surface area contributed by atoms with Gasteiger partial charge in [-0.05, 0) is 30.7 Å². The van der Waals surface area contributed by atoms with Crippen LogP contribution in [0.1, 0.15) is 11.3 Å². The summed E-state index contributed by atoms with van der Waals surface area (Å²) < 4.78 is 0. The number of aromatic nitrogens is 1. The van der Waals surface area contributed by atoms with Gasteiger partial charge in [0.1, 0.15) is 0 Å². The highest BCUT2D eigenvalue weighted by Crippen LogP contribution is 2.14. The SMILES string of the molecule is Cc1ccc2cc(CN)ccc2n1. The molecule has 1 aromatic carbocycles. The normalized spacial score (nSPS) is 10.6. The fraction of sp³-hybridized carbons (Fsp3) is 0.182. The first-order chi connectivity index (χ1) is 6.29. The van der Waals surface area contributed by atoms with Crippen LogP contribution in [0.15, 0.2) is 30.3 Å². The van der Waals surface area contributed by atoms with Crippen molar-refractivity contribution in [2.24, 2.45) is 5.73 Å². The molecule has 0 radical (unpaired) electrons. The van der Waals surface area contributed by atoms with Gasteiger partial charge in [-0.2, -0.15) is 0 Å². The summed E-state index contributed by atoms with van der Waals surface area (Å²) in [6.07, 6.45) is 0. The van der Waals surface area contributed by atoms with Gasteiger partial charge in [-0.15, -0.1) is 0 Å². The number of pyridine rings is 1. The lowest BCUT2D eigenvalue weighted by molar-refractivity contribution is 1.07. The number of benzene rings is 1. The summed E-state index contributed by atoms with van der Waals surface area (Å²) in [7, 11) is 0. The van der Waals surface area contributed by atoms with E-state index in [9.17, 15) is 0 Å². The van der Waals surface area contributed by atoms with Crippen LogP contribution in [-0.4, -0.2) is 4.98 Å². The van der Waals surface area contributed by atoms with Crippen LogP contribution in [0.4, 0.5) is 0 Å². The van der Waals surface area contributed by atoms with Crippen molar-refractivity contribution in [2.45, 2.75) is 13.5 Å². The van der Waals surface area contributed by atoms with Crippen LogP contribution in [0.5, 0.6) is 0 Å². The lowest BCUT2D eigenvalue weighted by Gasteiger charge is -2.01. The molecule has 0 saturated carbocycles. The summed E-state index contributed by atoms with van der Waals surface area (Å²) in [5, 5.41) is 1.16. The smallest absolute Gasteiger partial charge is 0.0705 e. The molecule has 0 unspecified atom stereocenters. The first-order valence-electron chi connectivity index (χ1n) is 4.36. The fourth-order valence-corrected chi connectivity index (χ4v) is 1.40. The molecular weight excluding hydrogens is 160 g/mol. The Morgan fingerprint density at radius 2 is 2.08 bits per heavy atom. The molecule has 0 atom stereocenters. The Labute approximate surface area is 77.4 Å². The Balaban J connectivity index is 2.66. The summed E-state index contributed by atoms with van der Waals surface area (Å²) >= 11 is 0. The molecule has 2 heteroatoms. The highest BCUT2D eigenvalue weighted by atomic mass is 14.7. The molecule has 0 amide bonds. The van der Waals surface area contributed by atoms with Gasteiger partial charge < -0.3 is 5.73 Å². The number of hydrogen-bond donors (Lipinski definition) is 1. The summed E-state index contributed by atoms with van der Waals surface area (Å²) in [6.45, 7) is 2.58. The Hall–Kier alpha value is -1.41. The second kappa shape index (κ2) is 3.15. The van der Waals surface area contributed by atoms with Crippen LogP contribution in [0.25, 0.3) is 10.9 Å². The first kappa shape index (κ1) is 8.20. The number of nitrogens with two attached hydrogens (primary N) is 1. The molecule has 0 saturated heterocycles. The van der Waals surface area contributed by atoms with E-state index in [1.54, 1.807) is 0 Å². The van der Waals surface area contributed by atoms with Gasteiger partial charge in [0.05, 0.1) is 5.52 Å². The van der Waals surface area contributed by atoms with Crippen molar-refractivity contribution in [1.82, 2.24) is 4.98 Å². The van der Waals surface area contributed by atoms with Crippen LogP contribution >= 0.6 is 0 Å². The number of aryl methyl sites for hydroxylation is 1. The van der Waals surface area contributed by atoms with E-state index in [1.807, 2.05) is 25.1 Å². The lowest BCUT2D eigenvalue weighted by Crippen LogP contribution is -1.95. The van der Waals surface area contributed by atoms with Crippen LogP contribution in [-0.2, 0) is 6.54 Å². The van der Waals surface area contributed by atoms with Gasteiger partial charge in [-0.3, -0.25) is 4.98 Å². The Morgan fingerprint density at radius 3 is 2.85 bits per heavy atom. The van der Waals surface area contributed by atoms with Crippen molar-refractivity contribution in [1.29, 1.82) is 0 Å². The van der Waals surface area contributed by atoms with E-state index in [-0.39, 0.29) is 0 Å². The van der Waals surface area contributed by atoms with E-state index >= 15 is 0 Å². The molecule has 13 heavy (non-hydrogen) atoms. The molecular formula is C11H12N2. The summed E-state index contributed by atoms with van der Waals surface area (Å²) in [5.41, 5.74) is 8.79. The predicted molar refractivity (Wildman–Crippen MR) is 54.4 cm³/mol. The van der Waals surface area contributed by atoms with Gasteiger partial charge in [0, 0.05) is 17.6 Å². The highest BCUT2D eigenvalue weighted by molar-refractivity contribution is 5.79. The zero-order valence-corrected chi connectivity index (χ0v) is 7.62. The van der Waals surface area contributed by atoms with Gasteiger partial charge in [-0.25, -0.2) is 0 Å². The molecule has 2 nitrogen and oxygen atoms in total. The molecule has 1 heterocycles. The van der Waals surface area contributed by atoms with Crippen LogP contribution in [0.2, 0.25) is 0 Å². The van der Waals surface area contributed by atoms with Gasteiger partial charge in [0.15, 0.2) is 0 Å². The van der Waals surface area contributed by atoms with Crippen molar-refractivity contribution in [3.05, 3.63) is 41.6 Å². The van der Waals surface area contributed by atoms with Gasteiger partial charge in [0.25, 0.3) is 0 Å². The summed E-state index contributed by atoms with van der Waals surface area (Å²) in [4.78, 5) is 4.41. The standard InChI is InChI=1S/C11H12N2/c1-8-2-4-10-6-9(7-12)3-5-11(10)13-8/h2-6H,7,12H2,1H3. The molecule has 66 valence electrons. The summed E-state index contributed by atoms with van der Waals surface area (Å²) in [6, 6.07) is 10.2. The third kappa shape index (κ3) is 1.53. The van der Waals surface area contributed by atoms with Gasteiger partial charge >= 0.3 is 0 Å². The van der Waals surface area contributed by atoms with E-state index in [1.165, 1.54) is 0 Å². The van der Waals surface area contributed by atoms with Crippen molar-refractivity contribution in [3.8, 4) is 0 Å². The lowest BCUT2D eigenvalue weighted by atomic mass is 10.1. The predicted octanol–water partition coefficient (Wildman–Crippen LogP) is 2.00. The van der Waals surface area contributed by atoms with E-state index in [2.05, 4.69) is 17.1 Å². The average Bonchev–Trinajstić information content (AvgIpc) is 2.17. The Kier molecular flexibility index (Phi) is 1.99. The van der Waals surface area contributed by atoms with Crippen molar-refractivity contribution in [2.75, 3.05) is 0 Å². The molecule has 0 aliphatic rings. The number of fused-ring (bicyclic) bond motifs is 1. The molecule has 2 rings (SSSR count). The molecule has 2 N–H and O–H groups in total. The van der Waals surface area contributed by atoms with Crippen LogP contribution in [0, 0.1) is 6.92 Å². The minimum absolute atomic E-state index is 0.587. The molecule has 0 bridgehead atoms. The molecule has 0 aliphatic heterocycles. The highest BCUT2D eigenvalue weighted by Gasteiger charge is 1.96. The van der Waals surface area contributed by atoms with Crippen molar-refractivity contribution >= 4 is 10.9 Å². The fourth-order valence-electron chi connectivity index (χ4n) is 1.40. The minimum atomic E-state index is 0.587. The Morgan fingerprint density at radius 1 is 1.23 bits per heavy atom. The zero-order valence-electron chi connectivity index (χ0n) is 7.62. The number of hydrogen-bond acceptors (Lipinski definition) is 2. The maximum atomic E-state index is 5.55. The van der Waals surface area contributed by atoms with E-state index in [4.69, 9.17) is 5.73 Å². The van der Waals surface area contributed by atoms with Gasteiger partial charge in [0.2, 0.25) is 0 Å². The van der Waals surface area contributed by atoms with Crippen LogP contribution in [0.3, 0.4) is 0 Å². The molecule has 0 aliphatic carbocycles. The third-order valence-corrected chi connectivity index (χ3v) is 2.13. The van der Waals surface area contributed by atoms with E-state index in [0.29, 0.717) is 6.54 Å². The second-order valence-electron chi connectivity index (χ2n) is 3.18. The zero-order chi connectivity index (χ0) is 9.26. The topological polar surface area (TPSA) is 38.9 Å². The molecule has 0 fully saturated rings. The van der Waals surface area contributed by atoms with Crippen molar-refractivity contribution in [3.63, 3.8) is 0 Å². The summed E-state index contributed by atoms with van der Waals surface area (Å²) in [5.74, 6) is 0.